The number of fused-ring (bicyclic) bond motifs is 3. The first-order valence-corrected chi connectivity index (χ1v) is 6.39. The molecule has 7 nitrogen and oxygen atoms in total. The summed E-state index contributed by atoms with van der Waals surface area (Å²) in [4.78, 5) is 20.2. The molecule has 0 aliphatic heterocycles. The summed E-state index contributed by atoms with van der Waals surface area (Å²) in [6, 6.07) is 9.66. The molecular formula is C14H10N6O. The zero-order valence-corrected chi connectivity index (χ0v) is 11.1. The Morgan fingerprint density at radius 2 is 1.90 bits per heavy atom. The zero-order valence-electron chi connectivity index (χ0n) is 11.1. The molecule has 0 N–H and O–H groups in total. The van der Waals surface area contributed by atoms with E-state index in [4.69, 9.17) is 0 Å². The lowest BCUT2D eigenvalue weighted by atomic mass is 10.3. The first kappa shape index (κ1) is 11.7. The maximum Gasteiger partial charge on any atom is 0.294 e. The fourth-order valence-corrected chi connectivity index (χ4v) is 2.24. The van der Waals surface area contributed by atoms with Crippen molar-refractivity contribution in [2.45, 2.75) is 6.92 Å². The zero-order chi connectivity index (χ0) is 14.4. The molecule has 0 fully saturated rings. The van der Waals surface area contributed by atoms with Crippen LogP contribution in [-0.2, 0) is 0 Å². The smallest absolute Gasteiger partial charge is 0.265 e. The van der Waals surface area contributed by atoms with Gasteiger partial charge in [0.25, 0.3) is 5.56 Å². The number of nitrogens with zero attached hydrogens (tertiary/aromatic N) is 6. The van der Waals surface area contributed by atoms with Crippen molar-refractivity contribution in [3.8, 4) is 5.69 Å². The van der Waals surface area contributed by atoms with Crippen LogP contribution in [-0.4, -0.2) is 29.4 Å². The fourth-order valence-electron chi connectivity index (χ4n) is 2.24. The van der Waals surface area contributed by atoms with Crippen LogP contribution in [0.15, 0.2) is 47.7 Å². The Hall–Kier alpha value is -3.09. The van der Waals surface area contributed by atoms with Crippen molar-refractivity contribution in [3.63, 3.8) is 0 Å². The Kier molecular flexibility index (Phi) is 2.34. The minimum absolute atomic E-state index is 0.337. The molecule has 0 bridgehead atoms. The van der Waals surface area contributed by atoms with E-state index in [1.165, 1.54) is 10.8 Å². The normalized spacial score (nSPS) is 11.3. The number of rotatable bonds is 1. The van der Waals surface area contributed by atoms with Crippen molar-refractivity contribution < 1.29 is 0 Å². The second-order valence-electron chi connectivity index (χ2n) is 4.64. The van der Waals surface area contributed by atoms with Crippen LogP contribution < -0.4 is 5.56 Å². The Balaban J connectivity index is 2.09. The van der Waals surface area contributed by atoms with E-state index in [2.05, 4.69) is 20.2 Å². The molecule has 0 aliphatic carbocycles. The van der Waals surface area contributed by atoms with Crippen LogP contribution in [0.3, 0.4) is 0 Å². The molecule has 4 rings (SSSR count). The van der Waals surface area contributed by atoms with Gasteiger partial charge in [0.15, 0.2) is 11.3 Å². The summed E-state index contributed by atoms with van der Waals surface area (Å²) in [7, 11) is 0. The Labute approximate surface area is 118 Å². The van der Waals surface area contributed by atoms with E-state index in [1.807, 2.05) is 30.3 Å². The van der Waals surface area contributed by atoms with Crippen LogP contribution in [0.25, 0.3) is 22.4 Å². The van der Waals surface area contributed by atoms with Crippen molar-refractivity contribution in [3.05, 3.63) is 58.9 Å². The third kappa shape index (κ3) is 1.71. The van der Waals surface area contributed by atoms with E-state index in [0.29, 0.717) is 22.4 Å². The van der Waals surface area contributed by atoms with E-state index in [9.17, 15) is 4.79 Å². The molecule has 3 aromatic heterocycles. The molecule has 1 aromatic carbocycles. The SMILES string of the molecule is Cc1nn2cnc3c(cnn3-c3ccccc3)c2nc1=O. The van der Waals surface area contributed by atoms with Gasteiger partial charge >= 0.3 is 0 Å². The molecular weight excluding hydrogens is 268 g/mol. The van der Waals surface area contributed by atoms with Crippen molar-refractivity contribution in [1.29, 1.82) is 0 Å². The average molecular weight is 278 g/mol. The van der Waals surface area contributed by atoms with Gasteiger partial charge in [0.1, 0.15) is 12.0 Å². The van der Waals surface area contributed by atoms with E-state index in [1.54, 1.807) is 17.8 Å². The Morgan fingerprint density at radius 1 is 1.10 bits per heavy atom. The van der Waals surface area contributed by atoms with Crippen LogP contribution in [0.1, 0.15) is 5.69 Å². The molecule has 0 radical (unpaired) electrons. The summed E-state index contributed by atoms with van der Waals surface area (Å²) in [5.74, 6) is 0. The summed E-state index contributed by atoms with van der Waals surface area (Å²) < 4.78 is 3.21. The molecule has 0 unspecified atom stereocenters. The minimum atomic E-state index is -0.338. The molecule has 3 heterocycles. The van der Waals surface area contributed by atoms with Gasteiger partial charge in [-0.3, -0.25) is 4.79 Å². The van der Waals surface area contributed by atoms with Gasteiger partial charge in [0, 0.05) is 0 Å². The summed E-state index contributed by atoms with van der Waals surface area (Å²) in [6.45, 7) is 1.62. The van der Waals surface area contributed by atoms with Crippen molar-refractivity contribution in [2.75, 3.05) is 0 Å². The third-order valence-electron chi connectivity index (χ3n) is 3.27. The third-order valence-corrected chi connectivity index (χ3v) is 3.27. The topological polar surface area (TPSA) is 78.0 Å². The first-order valence-electron chi connectivity index (χ1n) is 6.39. The largest absolute Gasteiger partial charge is 0.294 e. The number of hydrogen-bond donors (Lipinski definition) is 0. The molecule has 0 atom stereocenters. The molecule has 4 aromatic rings. The highest BCUT2D eigenvalue weighted by Crippen LogP contribution is 2.18. The number of aromatic nitrogens is 6. The Bertz CT molecular complexity index is 1020. The molecule has 102 valence electrons. The van der Waals surface area contributed by atoms with Gasteiger partial charge < -0.3 is 0 Å². The highest BCUT2D eigenvalue weighted by molar-refractivity contribution is 5.89. The maximum absolute atomic E-state index is 11.7. The van der Waals surface area contributed by atoms with E-state index in [0.717, 1.165) is 5.69 Å². The highest BCUT2D eigenvalue weighted by atomic mass is 16.1. The molecule has 0 amide bonds. The van der Waals surface area contributed by atoms with E-state index in [-0.39, 0.29) is 5.56 Å². The van der Waals surface area contributed by atoms with Crippen LogP contribution in [0.5, 0.6) is 0 Å². The predicted octanol–water partition coefficient (Wildman–Crippen LogP) is 1.13. The number of aryl methyl sites for hydroxylation is 1. The van der Waals surface area contributed by atoms with E-state index < -0.39 is 0 Å². The average Bonchev–Trinajstić information content (AvgIpc) is 2.94. The number of hydrogen-bond acceptors (Lipinski definition) is 5. The first-order chi connectivity index (χ1) is 10.2. The van der Waals surface area contributed by atoms with Crippen molar-refractivity contribution in [2.24, 2.45) is 0 Å². The van der Waals surface area contributed by atoms with Gasteiger partial charge in [-0.05, 0) is 19.1 Å². The van der Waals surface area contributed by atoms with Gasteiger partial charge in [0.05, 0.1) is 17.3 Å². The maximum atomic E-state index is 11.7. The summed E-state index contributed by atoms with van der Waals surface area (Å²) in [5, 5.41) is 9.17. The van der Waals surface area contributed by atoms with Crippen LogP contribution in [0.4, 0.5) is 0 Å². The summed E-state index contributed by atoms with van der Waals surface area (Å²) in [5.41, 5.74) is 1.99. The van der Waals surface area contributed by atoms with Gasteiger partial charge in [-0.2, -0.15) is 15.2 Å². The standard InChI is InChI=1S/C14H10N6O/c1-9-14(21)17-13-11-7-16-20(10-5-3-2-4-6-10)12(11)15-8-19(13)18-9/h2-8H,1H3. The van der Waals surface area contributed by atoms with Crippen LogP contribution in [0.2, 0.25) is 0 Å². The quantitative estimate of drug-likeness (QED) is 0.521. The highest BCUT2D eigenvalue weighted by Gasteiger charge is 2.12. The number of para-hydroxylation sites is 1. The molecule has 7 heteroatoms. The summed E-state index contributed by atoms with van der Waals surface area (Å²) in [6.07, 6.45) is 3.19. The molecule has 0 saturated heterocycles. The molecule has 0 aliphatic rings. The Morgan fingerprint density at radius 3 is 2.71 bits per heavy atom. The molecule has 21 heavy (non-hydrogen) atoms. The minimum Gasteiger partial charge on any atom is -0.265 e. The van der Waals surface area contributed by atoms with Gasteiger partial charge in [-0.25, -0.2) is 14.2 Å². The monoisotopic (exact) mass is 278 g/mol. The molecule has 0 spiro atoms. The lowest BCUT2D eigenvalue weighted by Crippen LogP contribution is -2.16. The van der Waals surface area contributed by atoms with Gasteiger partial charge in [-0.15, -0.1) is 0 Å². The van der Waals surface area contributed by atoms with Crippen LogP contribution >= 0.6 is 0 Å². The lowest BCUT2D eigenvalue weighted by molar-refractivity contribution is 0.825. The van der Waals surface area contributed by atoms with Gasteiger partial charge in [-0.1, -0.05) is 18.2 Å². The predicted molar refractivity (Wildman–Crippen MR) is 76.4 cm³/mol. The molecule has 0 saturated carbocycles. The van der Waals surface area contributed by atoms with Crippen molar-refractivity contribution >= 4 is 16.7 Å². The van der Waals surface area contributed by atoms with Crippen LogP contribution in [0, 0.1) is 6.92 Å². The second-order valence-corrected chi connectivity index (χ2v) is 4.64. The van der Waals surface area contributed by atoms with Crippen molar-refractivity contribution in [1.82, 2.24) is 29.4 Å². The second kappa shape index (κ2) is 4.20. The van der Waals surface area contributed by atoms with Gasteiger partial charge in [0.2, 0.25) is 0 Å². The number of benzene rings is 1. The lowest BCUT2D eigenvalue weighted by Gasteiger charge is -2.03. The summed E-state index contributed by atoms with van der Waals surface area (Å²) >= 11 is 0. The van der Waals surface area contributed by atoms with E-state index >= 15 is 0 Å². The fraction of sp³-hybridized carbons (Fsp3) is 0.0714.